The second-order valence-corrected chi connectivity index (χ2v) is 6.90. The minimum atomic E-state index is -3.34. The summed E-state index contributed by atoms with van der Waals surface area (Å²) < 4.78 is 26.0. The van der Waals surface area contributed by atoms with Crippen molar-refractivity contribution in [2.75, 3.05) is 30.4 Å². The van der Waals surface area contributed by atoms with Gasteiger partial charge in [0.2, 0.25) is 10.0 Å². The SMILES string of the molecule is CCNS(=O)(=O)c1ccc(NCCCCSC)cc1. The average Bonchev–Trinajstić information content (AvgIpc) is 2.39. The third kappa shape index (κ3) is 5.84. The minimum Gasteiger partial charge on any atom is -0.385 e. The summed E-state index contributed by atoms with van der Waals surface area (Å²) >= 11 is 1.86. The van der Waals surface area contributed by atoms with E-state index in [0.29, 0.717) is 11.4 Å². The van der Waals surface area contributed by atoms with Gasteiger partial charge >= 0.3 is 0 Å². The lowest BCUT2D eigenvalue weighted by molar-refractivity contribution is 0.584. The Bertz CT molecular complexity index is 458. The number of benzene rings is 1. The molecule has 0 bridgehead atoms. The van der Waals surface area contributed by atoms with Gasteiger partial charge in [-0.25, -0.2) is 13.1 Å². The molecule has 0 saturated heterocycles. The highest BCUT2D eigenvalue weighted by Crippen LogP contribution is 2.14. The number of hydrogen-bond acceptors (Lipinski definition) is 4. The summed E-state index contributed by atoms with van der Waals surface area (Å²) in [5, 5.41) is 3.29. The molecule has 0 aliphatic rings. The first-order valence-electron chi connectivity index (χ1n) is 6.42. The Kier molecular flexibility index (Phi) is 7.27. The molecular weight excluding hydrogens is 280 g/mol. The van der Waals surface area contributed by atoms with E-state index in [0.717, 1.165) is 18.7 Å². The van der Waals surface area contributed by atoms with Crippen LogP contribution in [0.4, 0.5) is 5.69 Å². The molecule has 19 heavy (non-hydrogen) atoms. The van der Waals surface area contributed by atoms with Gasteiger partial charge in [-0.15, -0.1) is 0 Å². The lowest BCUT2D eigenvalue weighted by Crippen LogP contribution is -2.23. The molecule has 0 fully saturated rings. The van der Waals surface area contributed by atoms with Crippen LogP contribution in [0.1, 0.15) is 19.8 Å². The van der Waals surface area contributed by atoms with E-state index in [9.17, 15) is 8.42 Å². The van der Waals surface area contributed by atoms with Crippen LogP contribution in [-0.4, -0.2) is 33.5 Å². The van der Waals surface area contributed by atoms with Crippen LogP contribution in [0.25, 0.3) is 0 Å². The molecule has 0 aliphatic heterocycles. The second-order valence-electron chi connectivity index (χ2n) is 4.15. The summed E-state index contributed by atoms with van der Waals surface area (Å²) in [4.78, 5) is 0.308. The molecule has 0 amide bonds. The van der Waals surface area contributed by atoms with Gasteiger partial charge in [-0.1, -0.05) is 6.92 Å². The molecular formula is C13H22N2O2S2. The predicted molar refractivity (Wildman–Crippen MR) is 83.4 cm³/mol. The molecule has 0 saturated carbocycles. The van der Waals surface area contributed by atoms with E-state index in [2.05, 4.69) is 16.3 Å². The Morgan fingerprint density at radius 2 is 1.84 bits per heavy atom. The fourth-order valence-electron chi connectivity index (χ4n) is 1.63. The number of sulfonamides is 1. The van der Waals surface area contributed by atoms with Gasteiger partial charge in [-0.05, 0) is 49.1 Å². The average molecular weight is 302 g/mol. The highest BCUT2D eigenvalue weighted by Gasteiger charge is 2.11. The van der Waals surface area contributed by atoms with Gasteiger partial charge < -0.3 is 5.32 Å². The van der Waals surface area contributed by atoms with Crippen molar-refractivity contribution in [2.24, 2.45) is 0 Å². The number of unbranched alkanes of at least 4 members (excludes halogenated alkanes) is 1. The normalized spacial score (nSPS) is 11.5. The molecule has 0 spiro atoms. The largest absolute Gasteiger partial charge is 0.385 e. The van der Waals surface area contributed by atoms with Crippen molar-refractivity contribution >= 4 is 27.5 Å². The third-order valence-corrected chi connectivity index (χ3v) is 4.86. The number of nitrogens with one attached hydrogen (secondary N) is 2. The fourth-order valence-corrected chi connectivity index (χ4v) is 3.16. The monoisotopic (exact) mass is 302 g/mol. The van der Waals surface area contributed by atoms with Crippen LogP contribution >= 0.6 is 11.8 Å². The van der Waals surface area contributed by atoms with E-state index in [1.807, 2.05) is 11.8 Å². The maximum atomic E-state index is 11.7. The van der Waals surface area contributed by atoms with Gasteiger partial charge in [0.1, 0.15) is 0 Å². The molecule has 1 aromatic carbocycles. The summed E-state index contributed by atoms with van der Waals surface area (Å²) in [6, 6.07) is 6.86. The number of rotatable bonds is 9. The maximum Gasteiger partial charge on any atom is 0.240 e. The zero-order valence-electron chi connectivity index (χ0n) is 11.5. The van der Waals surface area contributed by atoms with Gasteiger partial charge in [-0.3, -0.25) is 0 Å². The lowest BCUT2D eigenvalue weighted by atomic mass is 10.3. The van der Waals surface area contributed by atoms with Crippen molar-refractivity contribution in [3.05, 3.63) is 24.3 Å². The van der Waals surface area contributed by atoms with Crippen LogP contribution in [-0.2, 0) is 10.0 Å². The zero-order chi connectivity index (χ0) is 14.1. The minimum absolute atomic E-state index is 0.308. The topological polar surface area (TPSA) is 58.2 Å². The van der Waals surface area contributed by atoms with E-state index in [1.54, 1.807) is 31.2 Å². The van der Waals surface area contributed by atoms with Crippen LogP contribution in [0.2, 0.25) is 0 Å². The molecule has 0 aliphatic carbocycles. The molecule has 2 N–H and O–H groups in total. The molecule has 108 valence electrons. The Morgan fingerprint density at radius 1 is 1.16 bits per heavy atom. The van der Waals surface area contributed by atoms with E-state index >= 15 is 0 Å². The Labute approximate surface area is 120 Å². The summed E-state index contributed by atoms with van der Waals surface area (Å²) in [6.07, 6.45) is 4.43. The van der Waals surface area contributed by atoms with Crippen molar-refractivity contribution in [3.63, 3.8) is 0 Å². The van der Waals surface area contributed by atoms with E-state index < -0.39 is 10.0 Å². The molecule has 0 unspecified atom stereocenters. The maximum absolute atomic E-state index is 11.7. The molecule has 4 nitrogen and oxygen atoms in total. The fraction of sp³-hybridized carbons (Fsp3) is 0.538. The van der Waals surface area contributed by atoms with Crippen molar-refractivity contribution in [1.82, 2.24) is 4.72 Å². The van der Waals surface area contributed by atoms with Crippen LogP contribution in [0.15, 0.2) is 29.2 Å². The first kappa shape index (κ1) is 16.3. The summed E-state index contributed by atoms with van der Waals surface area (Å²) in [5.41, 5.74) is 0.958. The summed E-state index contributed by atoms with van der Waals surface area (Å²) in [6.45, 7) is 3.08. The quantitative estimate of drug-likeness (QED) is 0.688. The van der Waals surface area contributed by atoms with Crippen molar-refractivity contribution in [1.29, 1.82) is 0 Å². The van der Waals surface area contributed by atoms with E-state index in [4.69, 9.17) is 0 Å². The van der Waals surface area contributed by atoms with Crippen LogP contribution in [0.3, 0.4) is 0 Å². The van der Waals surface area contributed by atoms with Gasteiger partial charge in [0.25, 0.3) is 0 Å². The Balaban J connectivity index is 2.48. The predicted octanol–water partition coefficient (Wildman–Crippen LogP) is 2.54. The van der Waals surface area contributed by atoms with Gasteiger partial charge in [0.15, 0.2) is 0 Å². The van der Waals surface area contributed by atoms with Crippen molar-refractivity contribution < 1.29 is 8.42 Å². The highest BCUT2D eigenvalue weighted by atomic mass is 32.2. The Morgan fingerprint density at radius 3 is 2.42 bits per heavy atom. The standard InChI is InChI=1S/C13H22N2O2S2/c1-3-15-19(16,17)13-8-6-12(7-9-13)14-10-4-5-11-18-2/h6-9,14-15H,3-5,10-11H2,1-2H3. The first-order valence-corrected chi connectivity index (χ1v) is 9.30. The molecule has 0 radical (unpaired) electrons. The van der Waals surface area contributed by atoms with E-state index in [-0.39, 0.29) is 0 Å². The first-order chi connectivity index (χ1) is 9.10. The van der Waals surface area contributed by atoms with Crippen LogP contribution < -0.4 is 10.0 Å². The number of anilines is 1. The van der Waals surface area contributed by atoms with Gasteiger partial charge in [-0.2, -0.15) is 11.8 Å². The van der Waals surface area contributed by atoms with Gasteiger partial charge in [0.05, 0.1) is 4.90 Å². The second kappa shape index (κ2) is 8.45. The molecule has 1 aromatic rings. The van der Waals surface area contributed by atoms with Crippen molar-refractivity contribution in [3.8, 4) is 0 Å². The molecule has 0 heterocycles. The zero-order valence-corrected chi connectivity index (χ0v) is 13.1. The summed E-state index contributed by atoms with van der Waals surface area (Å²) in [5.74, 6) is 1.18. The number of hydrogen-bond donors (Lipinski definition) is 2. The third-order valence-electron chi connectivity index (χ3n) is 2.60. The summed E-state index contributed by atoms with van der Waals surface area (Å²) in [7, 11) is -3.34. The van der Waals surface area contributed by atoms with Crippen LogP contribution in [0, 0.1) is 0 Å². The molecule has 0 aromatic heterocycles. The van der Waals surface area contributed by atoms with E-state index in [1.165, 1.54) is 12.2 Å². The van der Waals surface area contributed by atoms with Crippen LogP contribution in [0.5, 0.6) is 0 Å². The molecule has 1 rings (SSSR count). The van der Waals surface area contributed by atoms with Crippen molar-refractivity contribution in [2.45, 2.75) is 24.7 Å². The molecule has 0 atom stereocenters. The highest BCUT2D eigenvalue weighted by molar-refractivity contribution is 7.98. The lowest BCUT2D eigenvalue weighted by Gasteiger charge is -2.08. The van der Waals surface area contributed by atoms with Gasteiger partial charge in [0, 0.05) is 18.8 Å². The molecule has 6 heteroatoms. The number of thioether (sulfide) groups is 1. The Hall–Kier alpha value is -0.720. The smallest absolute Gasteiger partial charge is 0.240 e.